The second kappa shape index (κ2) is 31.5. The molecule has 4 heteroatoms. The summed E-state index contributed by atoms with van der Waals surface area (Å²) in [5, 5.41) is 0. The first-order valence-corrected chi connectivity index (χ1v) is 16.0. The molecule has 0 aromatic carbocycles. The molecule has 0 fully saturated rings. The molecule has 32 heavy (non-hydrogen) atoms. The average Bonchev–Trinajstić information content (AvgIpc) is 2.76. The molecular weight excluding hydrogens is 477 g/mol. The third-order valence-corrected chi connectivity index (χ3v) is 7.49. The van der Waals surface area contributed by atoms with E-state index in [0.717, 1.165) is 6.42 Å². The number of hydrogen-bond donors (Lipinski definition) is 1. The molecule has 1 unspecified atom stereocenters. The molecule has 0 aliphatic heterocycles. The predicted molar refractivity (Wildman–Crippen MR) is 153 cm³/mol. The van der Waals surface area contributed by atoms with Gasteiger partial charge in [0.05, 0.1) is 0 Å². The molecule has 0 bridgehead atoms. The van der Waals surface area contributed by atoms with Gasteiger partial charge in [-0.05, 0) is 12.8 Å². The Kier molecular flexibility index (Phi) is 34.2. The molecule has 2 nitrogen and oxygen atoms in total. The van der Waals surface area contributed by atoms with Crippen LogP contribution in [0.25, 0.3) is 0 Å². The summed E-state index contributed by atoms with van der Waals surface area (Å²) in [6.45, 7) is 2.30. The normalized spacial score (nSPS) is 11.5. The molecule has 0 aliphatic carbocycles. The third kappa shape index (κ3) is 32.7. The molecular formula is C28H60BrNOP+. The van der Waals surface area contributed by atoms with E-state index in [0.29, 0.717) is 6.16 Å². The summed E-state index contributed by atoms with van der Waals surface area (Å²) in [7, 11) is -1.40. The minimum atomic E-state index is -1.40. The van der Waals surface area contributed by atoms with Crippen molar-refractivity contribution in [2.45, 2.75) is 174 Å². The molecule has 0 amide bonds. The van der Waals surface area contributed by atoms with Crippen molar-refractivity contribution in [2.75, 3.05) is 6.16 Å². The Balaban J connectivity index is 0. The van der Waals surface area contributed by atoms with E-state index in [1.807, 2.05) is 0 Å². The Morgan fingerprint density at radius 3 is 0.781 bits per heavy atom. The van der Waals surface area contributed by atoms with Crippen molar-refractivity contribution in [3.05, 3.63) is 0 Å². The Labute approximate surface area is 214 Å². The van der Waals surface area contributed by atoms with Gasteiger partial charge in [-0.25, -0.2) is 0 Å². The number of rotatable bonds is 27. The van der Waals surface area contributed by atoms with E-state index in [2.05, 4.69) is 6.92 Å². The monoisotopic (exact) mass is 536 g/mol. The lowest BCUT2D eigenvalue weighted by atomic mass is 10.0. The lowest BCUT2D eigenvalue weighted by Gasteiger charge is -2.04. The summed E-state index contributed by atoms with van der Waals surface area (Å²) >= 11 is 0. The number of unbranched alkanes of at least 4 members (excludes halogenated alkanes) is 25. The first kappa shape index (κ1) is 34.7. The van der Waals surface area contributed by atoms with Crippen molar-refractivity contribution in [3.63, 3.8) is 0 Å². The molecule has 1 atom stereocenters. The van der Waals surface area contributed by atoms with Gasteiger partial charge in [0, 0.05) is 0 Å². The van der Waals surface area contributed by atoms with Gasteiger partial charge < -0.3 is 0 Å². The topological polar surface area (TPSA) is 43.1 Å². The largest absolute Gasteiger partial charge is 0.429 e. The highest BCUT2D eigenvalue weighted by atomic mass is 79.9. The Morgan fingerprint density at radius 1 is 0.406 bits per heavy atom. The van der Waals surface area contributed by atoms with E-state index >= 15 is 0 Å². The lowest BCUT2D eigenvalue weighted by molar-refractivity contribution is 0.516. The van der Waals surface area contributed by atoms with E-state index in [9.17, 15) is 4.57 Å². The quantitative estimate of drug-likeness (QED) is 0.0836. The number of hydrogen-bond acceptors (Lipinski definition) is 1. The second-order valence-electron chi connectivity index (χ2n) is 9.98. The van der Waals surface area contributed by atoms with Crippen LogP contribution in [0.5, 0.6) is 0 Å². The summed E-state index contributed by atoms with van der Waals surface area (Å²) in [6.07, 6.45) is 37.6. The molecule has 0 saturated heterocycles. The minimum absolute atomic E-state index is 0. The van der Waals surface area contributed by atoms with Crippen LogP contribution in [0.2, 0.25) is 0 Å². The van der Waals surface area contributed by atoms with E-state index in [-0.39, 0.29) is 17.0 Å². The van der Waals surface area contributed by atoms with Crippen LogP contribution in [0.15, 0.2) is 0 Å². The van der Waals surface area contributed by atoms with Crippen molar-refractivity contribution in [1.29, 1.82) is 0 Å². The Hall–Kier alpha value is 0.540. The van der Waals surface area contributed by atoms with Crippen molar-refractivity contribution in [1.82, 2.24) is 0 Å². The SMILES string of the molecule is Br.CCCCCCCCCCCCCCCCCCCCCCCCCCCC[P+](N)=O. The summed E-state index contributed by atoms with van der Waals surface area (Å²) in [5.74, 6) is 0. The maximum absolute atomic E-state index is 10.8. The van der Waals surface area contributed by atoms with Gasteiger partial charge in [-0.1, -0.05) is 166 Å². The summed E-state index contributed by atoms with van der Waals surface area (Å²) in [4.78, 5) is 0. The first-order valence-electron chi connectivity index (χ1n) is 14.5. The van der Waals surface area contributed by atoms with Gasteiger partial charge in [-0.3, -0.25) is 0 Å². The third-order valence-electron chi connectivity index (χ3n) is 6.73. The van der Waals surface area contributed by atoms with Gasteiger partial charge in [0.1, 0.15) is 0 Å². The van der Waals surface area contributed by atoms with E-state index in [1.165, 1.54) is 161 Å². The fourth-order valence-corrected chi connectivity index (χ4v) is 5.12. The van der Waals surface area contributed by atoms with Gasteiger partial charge in [0.15, 0.2) is 6.16 Å². The molecule has 0 saturated carbocycles. The van der Waals surface area contributed by atoms with E-state index in [4.69, 9.17) is 5.50 Å². The van der Waals surface area contributed by atoms with E-state index < -0.39 is 7.95 Å². The standard InChI is InChI=1S/C28H59NOP.BrH/c1-2-3-4-5-6-7-8-9-10-11-12-13-14-15-16-17-18-19-20-21-22-23-24-25-26-27-28-31(29)30;/h2-28H2,1H3,(H2,29,30);1H/q+1;. The molecule has 0 rings (SSSR count). The van der Waals surface area contributed by atoms with Crippen LogP contribution in [0.1, 0.15) is 174 Å². The van der Waals surface area contributed by atoms with Crippen LogP contribution in [0.3, 0.4) is 0 Å². The summed E-state index contributed by atoms with van der Waals surface area (Å²) in [6, 6.07) is 0. The molecule has 0 radical (unpaired) electrons. The van der Waals surface area contributed by atoms with Gasteiger partial charge in [-0.15, -0.1) is 22.5 Å². The van der Waals surface area contributed by atoms with Gasteiger partial charge in [0.2, 0.25) is 0 Å². The zero-order valence-corrected chi connectivity index (χ0v) is 24.5. The van der Waals surface area contributed by atoms with Crippen LogP contribution < -0.4 is 5.50 Å². The predicted octanol–water partition coefficient (Wildman–Crippen LogP) is 11.4. The van der Waals surface area contributed by atoms with Crippen LogP contribution in [-0.4, -0.2) is 6.16 Å². The first-order chi connectivity index (χ1) is 15.3. The molecule has 0 aromatic rings. The van der Waals surface area contributed by atoms with Crippen LogP contribution in [0.4, 0.5) is 0 Å². The van der Waals surface area contributed by atoms with Gasteiger partial charge >= 0.3 is 7.95 Å². The summed E-state index contributed by atoms with van der Waals surface area (Å²) in [5.41, 5.74) is 5.30. The van der Waals surface area contributed by atoms with Crippen molar-refractivity contribution in [2.24, 2.45) is 5.50 Å². The van der Waals surface area contributed by atoms with Crippen LogP contribution in [0, 0.1) is 0 Å². The number of nitrogens with two attached hydrogens (primary N) is 1. The average molecular weight is 538 g/mol. The van der Waals surface area contributed by atoms with Crippen LogP contribution >= 0.6 is 24.9 Å². The highest BCUT2D eigenvalue weighted by Gasteiger charge is 2.05. The molecule has 0 heterocycles. The summed E-state index contributed by atoms with van der Waals surface area (Å²) < 4.78 is 10.8. The van der Waals surface area contributed by atoms with Gasteiger partial charge in [0.25, 0.3) is 0 Å². The molecule has 0 aromatic heterocycles. The zero-order valence-electron chi connectivity index (χ0n) is 21.9. The molecule has 0 spiro atoms. The molecule has 0 aliphatic rings. The maximum atomic E-state index is 10.8. The molecule has 2 N–H and O–H groups in total. The minimum Gasteiger partial charge on any atom is -0.122 e. The highest BCUT2D eigenvalue weighted by molar-refractivity contribution is 8.93. The maximum Gasteiger partial charge on any atom is 0.429 e. The number of halogens is 1. The molecule has 194 valence electrons. The smallest absolute Gasteiger partial charge is 0.122 e. The van der Waals surface area contributed by atoms with Crippen molar-refractivity contribution in [3.8, 4) is 0 Å². The Morgan fingerprint density at radius 2 is 0.594 bits per heavy atom. The fourth-order valence-electron chi connectivity index (χ4n) is 4.58. The van der Waals surface area contributed by atoms with E-state index in [1.54, 1.807) is 0 Å². The highest BCUT2D eigenvalue weighted by Crippen LogP contribution is 2.17. The van der Waals surface area contributed by atoms with Crippen molar-refractivity contribution < 1.29 is 4.57 Å². The fraction of sp³-hybridized carbons (Fsp3) is 1.00. The van der Waals surface area contributed by atoms with Crippen molar-refractivity contribution >= 4 is 24.9 Å². The van der Waals surface area contributed by atoms with Crippen LogP contribution in [-0.2, 0) is 4.57 Å². The lowest BCUT2D eigenvalue weighted by Crippen LogP contribution is -1.87. The Bertz CT molecular complexity index is 354. The van der Waals surface area contributed by atoms with Gasteiger partial charge in [-0.2, -0.15) is 0 Å². The second-order valence-corrected chi connectivity index (χ2v) is 11.3. The zero-order chi connectivity index (χ0) is 22.7.